The summed E-state index contributed by atoms with van der Waals surface area (Å²) in [4.78, 5) is 11.0. The topological polar surface area (TPSA) is 46.5 Å². The van der Waals surface area contributed by atoms with Crippen molar-refractivity contribution in [3.05, 3.63) is 0 Å². The Morgan fingerprint density at radius 1 is 1.55 bits per heavy atom. The molecule has 0 heterocycles. The molecule has 11 heavy (non-hydrogen) atoms. The first-order valence-electron chi connectivity index (χ1n) is 3.98. The average molecular weight is 160 g/mol. The van der Waals surface area contributed by atoms with Crippen molar-refractivity contribution in [2.75, 3.05) is 6.61 Å². The molecule has 0 spiro atoms. The lowest BCUT2D eigenvalue weighted by Crippen LogP contribution is -2.27. The van der Waals surface area contributed by atoms with Gasteiger partial charge in [-0.25, -0.2) is 0 Å². The zero-order valence-corrected chi connectivity index (χ0v) is 7.33. The van der Waals surface area contributed by atoms with Crippen LogP contribution < -0.4 is 0 Å². The van der Waals surface area contributed by atoms with Gasteiger partial charge in [-0.15, -0.1) is 0 Å². The van der Waals surface area contributed by atoms with Crippen LogP contribution in [0.3, 0.4) is 0 Å². The molecule has 0 saturated carbocycles. The maximum atomic E-state index is 11.0. The molecule has 0 aromatic heterocycles. The molecule has 0 aliphatic carbocycles. The van der Waals surface area contributed by atoms with Crippen LogP contribution in [0.5, 0.6) is 0 Å². The van der Waals surface area contributed by atoms with Gasteiger partial charge in [-0.05, 0) is 20.3 Å². The first-order valence-corrected chi connectivity index (χ1v) is 3.98. The minimum absolute atomic E-state index is 0.301. The Morgan fingerprint density at radius 3 is 2.36 bits per heavy atom. The average Bonchev–Trinajstić information content (AvgIpc) is 1.88. The van der Waals surface area contributed by atoms with Gasteiger partial charge in [0, 0.05) is 0 Å². The first-order chi connectivity index (χ1) is 5.13. The smallest absolute Gasteiger partial charge is 0.311 e. The van der Waals surface area contributed by atoms with Gasteiger partial charge in [0.25, 0.3) is 0 Å². The normalized spacial score (nSPS) is 15.6. The molecular weight excluding hydrogens is 144 g/mol. The summed E-state index contributed by atoms with van der Waals surface area (Å²) < 4.78 is 4.76. The molecule has 66 valence electrons. The van der Waals surface area contributed by atoms with Gasteiger partial charge in [0.2, 0.25) is 0 Å². The minimum atomic E-state index is -0.612. The predicted octanol–water partition coefficient (Wildman–Crippen LogP) is 0.956. The van der Waals surface area contributed by atoms with Crippen molar-refractivity contribution in [2.24, 2.45) is 5.92 Å². The highest BCUT2D eigenvalue weighted by Crippen LogP contribution is 2.10. The standard InChI is InChI=1S/C8H16O3/c1-4-7(6(3)9)8(10)11-5-2/h6-7,9H,4-5H2,1-3H3/t6-,7+/m1/s1. The number of hydrogen-bond donors (Lipinski definition) is 1. The van der Waals surface area contributed by atoms with Crippen LogP contribution in [0.4, 0.5) is 0 Å². The van der Waals surface area contributed by atoms with E-state index in [0.29, 0.717) is 13.0 Å². The molecule has 0 aliphatic heterocycles. The summed E-state index contributed by atoms with van der Waals surface area (Å²) in [6.45, 7) is 5.59. The second-order valence-corrected chi connectivity index (χ2v) is 2.51. The third-order valence-corrected chi connectivity index (χ3v) is 1.61. The molecule has 2 atom stereocenters. The number of esters is 1. The van der Waals surface area contributed by atoms with Crippen LogP contribution in [0.15, 0.2) is 0 Å². The molecule has 0 fully saturated rings. The summed E-state index contributed by atoms with van der Waals surface area (Å²) in [7, 11) is 0. The molecule has 0 bridgehead atoms. The Hall–Kier alpha value is -0.570. The van der Waals surface area contributed by atoms with Gasteiger partial charge in [-0.2, -0.15) is 0 Å². The summed E-state index contributed by atoms with van der Waals surface area (Å²) >= 11 is 0. The van der Waals surface area contributed by atoms with Crippen LogP contribution in [0.1, 0.15) is 27.2 Å². The molecule has 0 amide bonds. The van der Waals surface area contributed by atoms with Crippen LogP contribution in [-0.2, 0) is 9.53 Å². The first kappa shape index (κ1) is 10.4. The highest BCUT2D eigenvalue weighted by molar-refractivity contribution is 5.72. The molecule has 0 radical (unpaired) electrons. The second kappa shape index (κ2) is 5.13. The fourth-order valence-electron chi connectivity index (χ4n) is 0.954. The molecular formula is C8H16O3. The van der Waals surface area contributed by atoms with Crippen molar-refractivity contribution in [3.63, 3.8) is 0 Å². The van der Waals surface area contributed by atoms with Gasteiger partial charge in [0.15, 0.2) is 0 Å². The van der Waals surface area contributed by atoms with Gasteiger partial charge in [0.1, 0.15) is 0 Å². The molecule has 0 rings (SSSR count). The highest BCUT2D eigenvalue weighted by atomic mass is 16.5. The summed E-state index contributed by atoms with van der Waals surface area (Å²) in [5.41, 5.74) is 0. The Morgan fingerprint density at radius 2 is 2.09 bits per heavy atom. The third-order valence-electron chi connectivity index (χ3n) is 1.61. The van der Waals surface area contributed by atoms with E-state index in [0.717, 1.165) is 0 Å². The Balaban J connectivity index is 3.92. The summed E-state index contributed by atoms with van der Waals surface area (Å²) in [6.07, 6.45) is 0.00954. The monoisotopic (exact) mass is 160 g/mol. The van der Waals surface area contributed by atoms with E-state index in [9.17, 15) is 4.79 Å². The SMILES string of the molecule is CCOC(=O)[C@@H](CC)[C@@H](C)O. The fraction of sp³-hybridized carbons (Fsp3) is 0.875. The van der Waals surface area contributed by atoms with Gasteiger partial charge >= 0.3 is 5.97 Å². The van der Waals surface area contributed by atoms with Crippen LogP contribution in [0, 0.1) is 5.92 Å². The highest BCUT2D eigenvalue weighted by Gasteiger charge is 2.22. The van der Waals surface area contributed by atoms with E-state index >= 15 is 0 Å². The van der Waals surface area contributed by atoms with Crippen molar-refractivity contribution in [2.45, 2.75) is 33.3 Å². The quantitative estimate of drug-likeness (QED) is 0.623. The Bertz CT molecular complexity index is 121. The maximum Gasteiger partial charge on any atom is 0.311 e. The van der Waals surface area contributed by atoms with E-state index in [1.165, 1.54) is 0 Å². The van der Waals surface area contributed by atoms with E-state index in [4.69, 9.17) is 9.84 Å². The van der Waals surface area contributed by atoms with Crippen LogP contribution in [-0.4, -0.2) is 23.8 Å². The molecule has 3 heteroatoms. The van der Waals surface area contributed by atoms with Gasteiger partial charge in [-0.3, -0.25) is 4.79 Å². The molecule has 0 aromatic rings. The predicted molar refractivity (Wildman–Crippen MR) is 42.1 cm³/mol. The van der Waals surface area contributed by atoms with E-state index in [1.54, 1.807) is 13.8 Å². The number of ether oxygens (including phenoxy) is 1. The second-order valence-electron chi connectivity index (χ2n) is 2.51. The molecule has 0 unspecified atom stereocenters. The number of carbonyl (C=O) groups is 1. The molecule has 3 nitrogen and oxygen atoms in total. The zero-order valence-electron chi connectivity index (χ0n) is 7.33. The minimum Gasteiger partial charge on any atom is -0.466 e. The lowest BCUT2D eigenvalue weighted by molar-refractivity contribution is -0.151. The zero-order chi connectivity index (χ0) is 8.85. The fourth-order valence-corrected chi connectivity index (χ4v) is 0.954. The van der Waals surface area contributed by atoms with E-state index in [1.807, 2.05) is 6.92 Å². The van der Waals surface area contributed by atoms with Gasteiger partial charge < -0.3 is 9.84 Å². The number of aliphatic hydroxyl groups is 1. The number of rotatable bonds is 4. The Kier molecular flexibility index (Phi) is 4.86. The largest absolute Gasteiger partial charge is 0.466 e. The number of hydrogen-bond acceptors (Lipinski definition) is 3. The van der Waals surface area contributed by atoms with Crippen molar-refractivity contribution in [1.82, 2.24) is 0 Å². The van der Waals surface area contributed by atoms with E-state index in [-0.39, 0.29) is 11.9 Å². The van der Waals surface area contributed by atoms with Crippen molar-refractivity contribution in [3.8, 4) is 0 Å². The molecule has 0 aliphatic rings. The van der Waals surface area contributed by atoms with Crippen molar-refractivity contribution < 1.29 is 14.6 Å². The van der Waals surface area contributed by atoms with E-state index < -0.39 is 6.10 Å². The summed E-state index contributed by atoms with van der Waals surface area (Å²) in [5.74, 6) is -0.667. The van der Waals surface area contributed by atoms with Gasteiger partial charge in [-0.1, -0.05) is 6.92 Å². The summed E-state index contributed by atoms with van der Waals surface area (Å²) in [6, 6.07) is 0. The molecule has 0 saturated heterocycles. The van der Waals surface area contributed by atoms with E-state index in [2.05, 4.69) is 0 Å². The lowest BCUT2D eigenvalue weighted by Gasteiger charge is -2.15. The number of carbonyl (C=O) groups excluding carboxylic acids is 1. The van der Waals surface area contributed by atoms with Crippen LogP contribution in [0.25, 0.3) is 0 Å². The van der Waals surface area contributed by atoms with Crippen LogP contribution >= 0.6 is 0 Å². The molecule has 1 N–H and O–H groups in total. The van der Waals surface area contributed by atoms with Gasteiger partial charge in [0.05, 0.1) is 18.6 Å². The third kappa shape index (κ3) is 3.37. The maximum absolute atomic E-state index is 11.0. The number of aliphatic hydroxyl groups excluding tert-OH is 1. The van der Waals surface area contributed by atoms with Crippen molar-refractivity contribution >= 4 is 5.97 Å². The van der Waals surface area contributed by atoms with Crippen molar-refractivity contribution in [1.29, 1.82) is 0 Å². The lowest BCUT2D eigenvalue weighted by atomic mass is 10.0. The Labute approximate surface area is 67.4 Å². The molecule has 0 aromatic carbocycles. The van der Waals surface area contributed by atoms with Crippen LogP contribution in [0.2, 0.25) is 0 Å². The summed E-state index contributed by atoms with van der Waals surface area (Å²) in [5, 5.41) is 9.11.